The maximum absolute atomic E-state index is 6.05. The zero-order valence-electron chi connectivity index (χ0n) is 9.23. The highest BCUT2D eigenvalue weighted by Gasteiger charge is 2.34. The molecule has 0 aliphatic carbocycles. The number of hydrogen-bond donors (Lipinski definition) is 1. The lowest BCUT2D eigenvalue weighted by Crippen LogP contribution is -2.61. The molecule has 2 heterocycles. The van der Waals surface area contributed by atoms with Crippen LogP contribution in [-0.4, -0.2) is 23.7 Å². The highest BCUT2D eigenvalue weighted by Crippen LogP contribution is 2.28. The molecule has 3 rings (SSSR count). The van der Waals surface area contributed by atoms with Crippen molar-refractivity contribution in [3.8, 4) is 5.75 Å². The van der Waals surface area contributed by atoms with E-state index in [0.717, 1.165) is 29.7 Å². The fourth-order valence-electron chi connectivity index (χ4n) is 1.97. The highest BCUT2D eigenvalue weighted by molar-refractivity contribution is 5.84. The summed E-state index contributed by atoms with van der Waals surface area (Å²) in [5.41, 5.74) is 0.917. The van der Waals surface area contributed by atoms with Gasteiger partial charge in [0.15, 0.2) is 0 Å². The molecule has 1 fully saturated rings. The standard InChI is InChI=1S/C13H14N2O/c1-13(8-14-9-13)16-12-6-7-15-11-5-3-2-4-10(11)12/h2-7,14H,8-9H2,1H3. The fourth-order valence-corrected chi connectivity index (χ4v) is 1.97. The van der Waals surface area contributed by atoms with Gasteiger partial charge >= 0.3 is 0 Å². The molecule has 0 amide bonds. The van der Waals surface area contributed by atoms with Crippen molar-refractivity contribution in [3.05, 3.63) is 36.5 Å². The third-order valence-corrected chi connectivity index (χ3v) is 2.96. The molecular weight excluding hydrogens is 200 g/mol. The van der Waals surface area contributed by atoms with Crippen molar-refractivity contribution in [1.29, 1.82) is 0 Å². The van der Waals surface area contributed by atoms with Crippen molar-refractivity contribution >= 4 is 10.9 Å². The minimum Gasteiger partial charge on any atom is -0.484 e. The Kier molecular flexibility index (Phi) is 2.07. The minimum absolute atomic E-state index is 0.0654. The van der Waals surface area contributed by atoms with Gasteiger partial charge in [-0.15, -0.1) is 0 Å². The number of pyridine rings is 1. The molecule has 0 spiro atoms. The maximum Gasteiger partial charge on any atom is 0.131 e. The van der Waals surface area contributed by atoms with Crippen LogP contribution in [-0.2, 0) is 0 Å². The first kappa shape index (κ1) is 9.60. The second-order valence-electron chi connectivity index (χ2n) is 4.48. The molecule has 3 heteroatoms. The van der Waals surface area contributed by atoms with Crippen molar-refractivity contribution in [3.63, 3.8) is 0 Å². The largest absolute Gasteiger partial charge is 0.484 e. The molecule has 0 unspecified atom stereocenters. The van der Waals surface area contributed by atoms with Gasteiger partial charge in [-0.1, -0.05) is 12.1 Å². The topological polar surface area (TPSA) is 34.1 Å². The third-order valence-electron chi connectivity index (χ3n) is 2.96. The Morgan fingerprint density at radius 1 is 1.25 bits per heavy atom. The van der Waals surface area contributed by atoms with E-state index in [4.69, 9.17) is 4.74 Å². The van der Waals surface area contributed by atoms with Crippen LogP contribution in [0.5, 0.6) is 5.75 Å². The van der Waals surface area contributed by atoms with Gasteiger partial charge in [0, 0.05) is 24.7 Å². The smallest absolute Gasteiger partial charge is 0.131 e. The van der Waals surface area contributed by atoms with Crippen LogP contribution in [0.4, 0.5) is 0 Å². The Hall–Kier alpha value is -1.61. The van der Waals surface area contributed by atoms with Crippen molar-refractivity contribution in [2.24, 2.45) is 0 Å². The van der Waals surface area contributed by atoms with Gasteiger partial charge in [0.2, 0.25) is 0 Å². The number of fused-ring (bicyclic) bond motifs is 1. The van der Waals surface area contributed by atoms with E-state index in [1.165, 1.54) is 0 Å². The van der Waals surface area contributed by atoms with E-state index in [2.05, 4.69) is 17.2 Å². The number of nitrogens with one attached hydrogen (secondary N) is 1. The molecule has 1 aliphatic heterocycles. The van der Waals surface area contributed by atoms with Crippen molar-refractivity contribution in [2.45, 2.75) is 12.5 Å². The normalized spacial score (nSPS) is 18.1. The first-order valence-electron chi connectivity index (χ1n) is 5.50. The second-order valence-corrected chi connectivity index (χ2v) is 4.48. The first-order valence-corrected chi connectivity index (χ1v) is 5.50. The summed E-state index contributed by atoms with van der Waals surface area (Å²) >= 11 is 0. The molecule has 3 nitrogen and oxygen atoms in total. The molecule has 1 aromatic heterocycles. The van der Waals surface area contributed by atoms with Gasteiger partial charge in [-0.3, -0.25) is 4.98 Å². The molecule has 16 heavy (non-hydrogen) atoms. The van der Waals surface area contributed by atoms with Gasteiger partial charge in [-0.2, -0.15) is 0 Å². The van der Waals surface area contributed by atoms with E-state index in [0.29, 0.717) is 0 Å². The minimum atomic E-state index is -0.0654. The van der Waals surface area contributed by atoms with Crippen LogP contribution >= 0.6 is 0 Å². The maximum atomic E-state index is 6.05. The Labute approximate surface area is 94.5 Å². The summed E-state index contributed by atoms with van der Waals surface area (Å²) in [6.07, 6.45) is 1.80. The summed E-state index contributed by atoms with van der Waals surface area (Å²) in [4.78, 5) is 4.32. The molecular formula is C13H14N2O. The number of rotatable bonds is 2. The number of hydrogen-bond acceptors (Lipinski definition) is 3. The van der Waals surface area contributed by atoms with Gasteiger partial charge in [-0.05, 0) is 25.1 Å². The predicted molar refractivity (Wildman–Crippen MR) is 63.6 cm³/mol. The van der Waals surface area contributed by atoms with E-state index < -0.39 is 0 Å². The highest BCUT2D eigenvalue weighted by atomic mass is 16.5. The Morgan fingerprint density at radius 3 is 2.81 bits per heavy atom. The van der Waals surface area contributed by atoms with E-state index in [9.17, 15) is 0 Å². The van der Waals surface area contributed by atoms with E-state index >= 15 is 0 Å². The summed E-state index contributed by atoms with van der Waals surface area (Å²) in [7, 11) is 0. The van der Waals surface area contributed by atoms with Gasteiger partial charge < -0.3 is 10.1 Å². The second kappa shape index (κ2) is 3.46. The molecule has 1 aliphatic rings. The molecule has 82 valence electrons. The summed E-state index contributed by atoms with van der Waals surface area (Å²) in [6, 6.07) is 9.99. The summed E-state index contributed by atoms with van der Waals surface area (Å²) in [5.74, 6) is 0.926. The van der Waals surface area contributed by atoms with Crippen LogP contribution in [0.15, 0.2) is 36.5 Å². The number of aromatic nitrogens is 1. The molecule has 0 radical (unpaired) electrons. The van der Waals surface area contributed by atoms with E-state index in [1.807, 2.05) is 30.3 Å². The Balaban J connectivity index is 2.03. The van der Waals surface area contributed by atoms with Crippen molar-refractivity contribution < 1.29 is 4.74 Å². The van der Waals surface area contributed by atoms with Gasteiger partial charge in [0.1, 0.15) is 11.4 Å². The van der Waals surface area contributed by atoms with Gasteiger partial charge in [0.05, 0.1) is 5.52 Å². The molecule has 0 saturated carbocycles. The Bertz CT molecular complexity index is 515. The zero-order valence-corrected chi connectivity index (χ0v) is 9.23. The number of benzene rings is 1. The fraction of sp³-hybridized carbons (Fsp3) is 0.308. The molecule has 0 atom stereocenters. The Morgan fingerprint density at radius 2 is 2.06 bits per heavy atom. The lowest BCUT2D eigenvalue weighted by atomic mass is 10.00. The van der Waals surface area contributed by atoms with Crippen LogP contribution in [0.3, 0.4) is 0 Å². The van der Waals surface area contributed by atoms with Crippen LogP contribution in [0.1, 0.15) is 6.92 Å². The van der Waals surface area contributed by atoms with Crippen molar-refractivity contribution in [2.75, 3.05) is 13.1 Å². The SMILES string of the molecule is CC1(Oc2ccnc3ccccc23)CNC1. The average molecular weight is 214 g/mol. The number of nitrogens with zero attached hydrogens (tertiary/aromatic N) is 1. The van der Waals surface area contributed by atoms with Crippen LogP contribution in [0.25, 0.3) is 10.9 Å². The van der Waals surface area contributed by atoms with E-state index in [1.54, 1.807) is 6.20 Å². The van der Waals surface area contributed by atoms with Gasteiger partial charge in [-0.25, -0.2) is 0 Å². The molecule has 1 saturated heterocycles. The number of ether oxygens (including phenoxy) is 1. The lowest BCUT2D eigenvalue weighted by molar-refractivity contribution is 0.0363. The quantitative estimate of drug-likeness (QED) is 0.830. The van der Waals surface area contributed by atoms with Gasteiger partial charge in [0.25, 0.3) is 0 Å². The summed E-state index contributed by atoms with van der Waals surface area (Å²) in [5, 5.41) is 4.31. The van der Waals surface area contributed by atoms with Crippen LogP contribution in [0.2, 0.25) is 0 Å². The molecule has 1 N–H and O–H groups in total. The van der Waals surface area contributed by atoms with E-state index in [-0.39, 0.29) is 5.60 Å². The zero-order chi connectivity index (χ0) is 11.0. The number of para-hydroxylation sites is 1. The molecule has 1 aromatic carbocycles. The summed E-state index contributed by atoms with van der Waals surface area (Å²) in [6.45, 7) is 3.94. The third kappa shape index (κ3) is 1.53. The molecule has 2 aromatic rings. The van der Waals surface area contributed by atoms with Crippen LogP contribution in [0, 0.1) is 0 Å². The monoisotopic (exact) mass is 214 g/mol. The first-order chi connectivity index (χ1) is 7.77. The van der Waals surface area contributed by atoms with Crippen LogP contribution < -0.4 is 10.1 Å². The summed E-state index contributed by atoms with van der Waals surface area (Å²) < 4.78 is 6.05. The van der Waals surface area contributed by atoms with Crippen molar-refractivity contribution in [1.82, 2.24) is 10.3 Å². The predicted octanol–water partition coefficient (Wildman–Crippen LogP) is 1.98. The lowest BCUT2D eigenvalue weighted by Gasteiger charge is -2.39. The molecule has 0 bridgehead atoms. The average Bonchev–Trinajstić information content (AvgIpc) is 2.27.